The Kier molecular flexibility index (Phi) is 4.04. The Morgan fingerprint density at radius 2 is 2.25 bits per heavy atom. The zero-order valence-corrected chi connectivity index (χ0v) is 10.9. The highest BCUT2D eigenvalue weighted by Crippen LogP contribution is 2.36. The summed E-state index contributed by atoms with van der Waals surface area (Å²) in [6.45, 7) is 1.04. The summed E-state index contributed by atoms with van der Waals surface area (Å²) >= 11 is 0. The number of piperidine rings is 1. The summed E-state index contributed by atoms with van der Waals surface area (Å²) in [5, 5.41) is 11.3. The second-order valence-electron chi connectivity index (χ2n) is 4.76. The van der Waals surface area contributed by atoms with E-state index in [4.69, 9.17) is 11.6 Å². The molecule has 1 atom stereocenters. The van der Waals surface area contributed by atoms with E-state index in [9.17, 15) is 14.9 Å². The van der Waals surface area contributed by atoms with Crippen LogP contribution in [0, 0.1) is 16.0 Å². The SMILES string of the molecule is NNc1cccc(N2CCCC(C(N)=O)C2)c1[N+](=O)[O-]. The van der Waals surface area contributed by atoms with Crippen molar-refractivity contribution in [1.82, 2.24) is 0 Å². The van der Waals surface area contributed by atoms with Gasteiger partial charge in [0.1, 0.15) is 11.4 Å². The minimum atomic E-state index is -0.474. The van der Waals surface area contributed by atoms with Crippen molar-refractivity contribution in [2.75, 3.05) is 23.4 Å². The maximum Gasteiger partial charge on any atom is 0.316 e. The number of nitrogens with one attached hydrogen (secondary N) is 1. The van der Waals surface area contributed by atoms with Crippen LogP contribution in [-0.4, -0.2) is 23.9 Å². The van der Waals surface area contributed by atoms with Gasteiger partial charge in [-0.15, -0.1) is 0 Å². The molecule has 1 saturated heterocycles. The molecular weight excluding hydrogens is 262 g/mol. The second kappa shape index (κ2) is 5.74. The lowest BCUT2D eigenvalue weighted by Crippen LogP contribution is -2.41. The molecule has 8 heteroatoms. The number of rotatable bonds is 4. The first-order valence-corrected chi connectivity index (χ1v) is 6.33. The zero-order chi connectivity index (χ0) is 14.7. The van der Waals surface area contributed by atoms with Crippen LogP contribution in [0.4, 0.5) is 17.1 Å². The van der Waals surface area contributed by atoms with Crippen LogP contribution in [0.3, 0.4) is 0 Å². The number of nitrogen functional groups attached to an aromatic ring is 1. The van der Waals surface area contributed by atoms with Gasteiger partial charge < -0.3 is 16.1 Å². The number of nitro benzene ring substituents is 1. The van der Waals surface area contributed by atoms with E-state index in [-0.39, 0.29) is 23.2 Å². The number of nitro groups is 1. The molecule has 1 amide bonds. The largest absolute Gasteiger partial charge is 0.369 e. The van der Waals surface area contributed by atoms with E-state index in [1.165, 1.54) is 6.07 Å². The standard InChI is InChI=1S/C12H17N5O3/c13-12(18)8-3-2-6-16(7-8)10-5-1-4-9(15-14)11(10)17(19)20/h1,4-5,8,15H,2-3,6-7,14H2,(H2,13,18). The van der Waals surface area contributed by atoms with E-state index in [1.54, 1.807) is 12.1 Å². The summed E-state index contributed by atoms with van der Waals surface area (Å²) in [5.41, 5.74) is 8.28. The van der Waals surface area contributed by atoms with Crippen molar-refractivity contribution in [2.45, 2.75) is 12.8 Å². The van der Waals surface area contributed by atoms with Crippen LogP contribution in [0.5, 0.6) is 0 Å². The molecule has 0 saturated carbocycles. The number of nitrogens with two attached hydrogens (primary N) is 2. The zero-order valence-electron chi connectivity index (χ0n) is 10.9. The molecule has 0 aliphatic carbocycles. The Morgan fingerprint density at radius 3 is 2.85 bits per heavy atom. The third-order valence-electron chi connectivity index (χ3n) is 3.52. The number of hydrogen-bond acceptors (Lipinski definition) is 6. The Balaban J connectivity index is 2.37. The summed E-state index contributed by atoms with van der Waals surface area (Å²) < 4.78 is 0. The molecule has 0 spiro atoms. The van der Waals surface area contributed by atoms with E-state index in [2.05, 4.69) is 5.43 Å². The van der Waals surface area contributed by atoms with Crippen LogP contribution in [-0.2, 0) is 4.79 Å². The monoisotopic (exact) mass is 279 g/mol. The van der Waals surface area contributed by atoms with Crippen molar-refractivity contribution in [3.05, 3.63) is 28.3 Å². The Labute approximate surface area is 115 Å². The molecule has 1 aromatic rings. The van der Waals surface area contributed by atoms with Crippen LogP contribution in [0.25, 0.3) is 0 Å². The molecule has 1 aliphatic heterocycles. The average Bonchev–Trinajstić information content (AvgIpc) is 2.46. The van der Waals surface area contributed by atoms with Gasteiger partial charge in [0, 0.05) is 13.1 Å². The Bertz CT molecular complexity index is 534. The number of carbonyl (C=O) groups excluding carboxylic acids is 1. The first-order valence-electron chi connectivity index (χ1n) is 6.33. The van der Waals surface area contributed by atoms with Crippen LogP contribution in [0.1, 0.15) is 12.8 Å². The molecule has 20 heavy (non-hydrogen) atoms. The highest BCUT2D eigenvalue weighted by atomic mass is 16.6. The van der Waals surface area contributed by atoms with Gasteiger partial charge in [-0.25, -0.2) is 0 Å². The summed E-state index contributed by atoms with van der Waals surface area (Å²) in [6.07, 6.45) is 1.49. The van der Waals surface area contributed by atoms with E-state index < -0.39 is 4.92 Å². The number of anilines is 2. The van der Waals surface area contributed by atoms with Crippen LogP contribution in [0.15, 0.2) is 18.2 Å². The summed E-state index contributed by atoms with van der Waals surface area (Å²) in [5.74, 6) is 4.67. The smallest absolute Gasteiger partial charge is 0.316 e. The van der Waals surface area contributed by atoms with E-state index >= 15 is 0 Å². The first-order chi connectivity index (χ1) is 9.54. The van der Waals surface area contributed by atoms with Gasteiger partial charge in [0.15, 0.2) is 0 Å². The lowest BCUT2D eigenvalue weighted by atomic mass is 9.97. The highest BCUT2D eigenvalue weighted by Gasteiger charge is 2.29. The number of carbonyl (C=O) groups is 1. The van der Waals surface area contributed by atoms with Crippen LogP contribution in [0.2, 0.25) is 0 Å². The third-order valence-corrected chi connectivity index (χ3v) is 3.52. The topological polar surface area (TPSA) is 128 Å². The number of nitrogens with zero attached hydrogens (tertiary/aromatic N) is 2. The molecule has 0 bridgehead atoms. The molecule has 8 nitrogen and oxygen atoms in total. The van der Waals surface area contributed by atoms with Gasteiger partial charge in [-0.1, -0.05) is 6.07 Å². The first kappa shape index (κ1) is 14.1. The number of amides is 1. The number of hydrazine groups is 1. The summed E-state index contributed by atoms with van der Waals surface area (Å²) in [6, 6.07) is 4.88. The summed E-state index contributed by atoms with van der Waals surface area (Å²) in [7, 11) is 0. The average molecular weight is 279 g/mol. The normalized spacial score (nSPS) is 18.6. The van der Waals surface area contributed by atoms with Crippen LogP contribution >= 0.6 is 0 Å². The van der Waals surface area contributed by atoms with Gasteiger partial charge in [0.05, 0.1) is 10.8 Å². The molecule has 1 aromatic carbocycles. The summed E-state index contributed by atoms with van der Waals surface area (Å²) in [4.78, 5) is 23.9. The fourth-order valence-electron chi connectivity index (χ4n) is 2.52. The minimum Gasteiger partial charge on any atom is -0.369 e. The maximum atomic E-state index is 11.3. The molecule has 1 fully saturated rings. The highest BCUT2D eigenvalue weighted by molar-refractivity contribution is 5.80. The quantitative estimate of drug-likeness (QED) is 0.420. The van der Waals surface area contributed by atoms with E-state index in [1.807, 2.05) is 4.90 Å². The second-order valence-corrected chi connectivity index (χ2v) is 4.76. The van der Waals surface area contributed by atoms with Gasteiger partial charge >= 0.3 is 5.69 Å². The number of para-hydroxylation sites is 1. The predicted molar refractivity (Wildman–Crippen MR) is 75.0 cm³/mol. The Hall–Kier alpha value is -2.35. The van der Waals surface area contributed by atoms with Crippen molar-refractivity contribution in [3.8, 4) is 0 Å². The number of benzene rings is 1. The molecule has 1 unspecified atom stereocenters. The molecule has 0 aromatic heterocycles. The van der Waals surface area contributed by atoms with Gasteiger partial charge in [0.25, 0.3) is 0 Å². The van der Waals surface area contributed by atoms with Crippen molar-refractivity contribution < 1.29 is 9.72 Å². The van der Waals surface area contributed by atoms with Crippen LogP contribution < -0.4 is 21.9 Å². The third kappa shape index (κ3) is 2.64. The Morgan fingerprint density at radius 1 is 1.50 bits per heavy atom. The molecule has 5 N–H and O–H groups in total. The van der Waals surface area contributed by atoms with E-state index in [0.717, 1.165) is 6.42 Å². The number of primary amides is 1. The van der Waals surface area contributed by atoms with Gasteiger partial charge in [-0.05, 0) is 25.0 Å². The maximum absolute atomic E-state index is 11.3. The van der Waals surface area contributed by atoms with Crippen molar-refractivity contribution >= 4 is 23.0 Å². The van der Waals surface area contributed by atoms with Gasteiger partial charge in [-0.2, -0.15) is 0 Å². The molecule has 1 heterocycles. The van der Waals surface area contributed by atoms with Crippen molar-refractivity contribution in [2.24, 2.45) is 17.5 Å². The molecule has 2 rings (SSSR count). The minimum absolute atomic E-state index is 0.0832. The lowest BCUT2D eigenvalue weighted by Gasteiger charge is -2.32. The fourth-order valence-corrected chi connectivity index (χ4v) is 2.52. The molecular formula is C12H17N5O3. The number of hydrogen-bond donors (Lipinski definition) is 3. The van der Waals surface area contributed by atoms with Gasteiger partial charge in [0.2, 0.25) is 5.91 Å². The van der Waals surface area contributed by atoms with Gasteiger partial charge in [-0.3, -0.25) is 20.8 Å². The predicted octanol–water partition coefficient (Wildman–Crippen LogP) is 0.582. The molecule has 1 aliphatic rings. The fraction of sp³-hybridized carbons (Fsp3) is 0.417. The van der Waals surface area contributed by atoms with Crippen molar-refractivity contribution in [1.29, 1.82) is 0 Å². The van der Waals surface area contributed by atoms with Crippen molar-refractivity contribution in [3.63, 3.8) is 0 Å². The molecule has 108 valence electrons. The van der Waals surface area contributed by atoms with E-state index in [0.29, 0.717) is 25.2 Å². The molecule has 0 radical (unpaired) electrons. The lowest BCUT2D eigenvalue weighted by molar-refractivity contribution is -0.383.